The summed E-state index contributed by atoms with van der Waals surface area (Å²) in [7, 11) is 0. The fourth-order valence-corrected chi connectivity index (χ4v) is 2.59. The predicted octanol–water partition coefficient (Wildman–Crippen LogP) is 3.50. The Hall–Kier alpha value is -2.17. The number of hydrogen-bond acceptors (Lipinski definition) is 4. The Morgan fingerprint density at radius 2 is 2.00 bits per heavy atom. The summed E-state index contributed by atoms with van der Waals surface area (Å²) < 4.78 is 0. The maximum atomic E-state index is 10.7. The molecule has 0 saturated heterocycles. The molecule has 1 N–H and O–H groups in total. The van der Waals surface area contributed by atoms with Crippen molar-refractivity contribution in [2.24, 2.45) is 0 Å². The van der Waals surface area contributed by atoms with Gasteiger partial charge in [-0.05, 0) is 31.0 Å². The Bertz CT molecular complexity index is 621. The minimum Gasteiger partial charge on any atom is -0.367 e. The van der Waals surface area contributed by atoms with Crippen LogP contribution in [-0.4, -0.2) is 15.9 Å². The van der Waals surface area contributed by atoms with Crippen LogP contribution in [0.4, 0.5) is 11.5 Å². The Balaban J connectivity index is 1.88. The van der Waals surface area contributed by atoms with Gasteiger partial charge in [-0.25, -0.2) is 4.98 Å². The fourth-order valence-electron chi connectivity index (χ4n) is 2.59. The Morgan fingerprint density at radius 1 is 1.21 bits per heavy atom. The lowest BCUT2D eigenvalue weighted by Crippen LogP contribution is -2.15. The van der Waals surface area contributed by atoms with Crippen LogP contribution in [0, 0.1) is 10.1 Å². The van der Waals surface area contributed by atoms with Crippen molar-refractivity contribution in [1.29, 1.82) is 0 Å². The number of anilines is 1. The molecule has 1 saturated carbocycles. The van der Waals surface area contributed by atoms with Crippen LogP contribution in [-0.2, 0) is 0 Å². The Kier molecular flexibility index (Phi) is 3.03. The largest absolute Gasteiger partial charge is 0.367 e. The first kappa shape index (κ1) is 11.9. The van der Waals surface area contributed by atoms with Crippen LogP contribution >= 0.6 is 0 Å². The van der Waals surface area contributed by atoms with Crippen LogP contribution < -0.4 is 5.32 Å². The minimum atomic E-state index is -0.385. The summed E-state index contributed by atoms with van der Waals surface area (Å²) in [6.07, 6.45) is 4.94. The van der Waals surface area contributed by atoms with E-state index in [4.69, 9.17) is 0 Å². The molecule has 5 heteroatoms. The average molecular weight is 257 g/mol. The molecule has 19 heavy (non-hydrogen) atoms. The van der Waals surface area contributed by atoms with E-state index in [0.717, 1.165) is 16.7 Å². The van der Waals surface area contributed by atoms with Gasteiger partial charge in [0.2, 0.25) is 0 Å². The zero-order chi connectivity index (χ0) is 13.2. The Labute approximate surface area is 110 Å². The minimum absolute atomic E-state index is 0.103. The van der Waals surface area contributed by atoms with E-state index in [0.29, 0.717) is 6.04 Å². The van der Waals surface area contributed by atoms with Gasteiger partial charge in [-0.2, -0.15) is 0 Å². The number of fused-ring (bicyclic) bond motifs is 1. The van der Waals surface area contributed by atoms with Crippen molar-refractivity contribution >= 4 is 22.4 Å². The molecule has 98 valence electrons. The van der Waals surface area contributed by atoms with Crippen LogP contribution in [0.2, 0.25) is 0 Å². The first-order valence-corrected chi connectivity index (χ1v) is 6.54. The van der Waals surface area contributed by atoms with Gasteiger partial charge in [-0.1, -0.05) is 12.8 Å². The predicted molar refractivity (Wildman–Crippen MR) is 74.3 cm³/mol. The smallest absolute Gasteiger partial charge is 0.270 e. The van der Waals surface area contributed by atoms with Crippen LogP contribution in [0.15, 0.2) is 30.3 Å². The number of aromatic nitrogens is 1. The number of benzene rings is 1. The molecule has 1 aromatic carbocycles. The lowest BCUT2D eigenvalue weighted by atomic mass is 10.2. The molecule has 1 aliphatic rings. The van der Waals surface area contributed by atoms with Crippen LogP contribution in [0.5, 0.6) is 0 Å². The number of non-ortho nitro benzene ring substituents is 1. The van der Waals surface area contributed by atoms with Gasteiger partial charge in [0, 0.05) is 23.6 Å². The molecule has 5 nitrogen and oxygen atoms in total. The van der Waals surface area contributed by atoms with Crippen molar-refractivity contribution in [3.05, 3.63) is 40.4 Å². The van der Waals surface area contributed by atoms with Gasteiger partial charge < -0.3 is 5.32 Å². The second-order valence-electron chi connectivity index (χ2n) is 4.96. The average Bonchev–Trinajstić information content (AvgIpc) is 2.91. The molecule has 1 heterocycles. The Morgan fingerprint density at radius 3 is 2.74 bits per heavy atom. The summed E-state index contributed by atoms with van der Waals surface area (Å²) in [5.41, 5.74) is 0.888. The normalized spacial score (nSPS) is 15.8. The molecule has 1 aromatic heterocycles. The quantitative estimate of drug-likeness (QED) is 0.675. The van der Waals surface area contributed by atoms with Gasteiger partial charge in [-0.15, -0.1) is 0 Å². The van der Waals surface area contributed by atoms with Gasteiger partial charge in [0.05, 0.1) is 10.4 Å². The summed E-state index contributed by atoms with van der Waals surface area (Å²) in [6.45, 7) is 0. The lowest BCUT2D eigenvalue weighted by Gasteiger charge is -2.12. The third-order valence-corrected chi connectivity index (χ3v) is 3.59. The summed E-state index contributed by atoms with van der Waals surface area (Å²) >= 11 is 0. The molecule has 0 atom stereocenters. The van der Waals surface area contributed by atoms with E-state index < -0.39 is 0 Å². The van der Waals surface area contributed by atoms with Crippen LogP contribution in [0.1, 0.15) is 25.7 Å². The summed E-state index contributed by atoms with van der Waals surface area (Å²) in [6, 6.07) is 9.05. The topological polar surface area (TPSA) is 68.1 Å². The van der Waals surface area contributed by atoms with E-state index >= 15 is 0 Å². The van der Waals surface area contributed by atoms with Crippen molar-refractivity contribution in [3.8, 4) is 0 Å². The molecule has 1 aliphatic carbocycles. The molecule has 0 spiro atoms. The molecule has 1 fully saturated rings. The zero-order valence-electron chi connectivity index (χ0n) is 10.5. The zero-order valence-corrected chi connectivity index (χ0v) is 10.5. The summed E-state index contributed by atoms with van der Waals surface area (Å²) in [4.78, 5) is 14.8. The van der Waals surface area contributed by atoms with E-state index in [1.807, 2.05) is 12.1 Å². The highest BCUT2D eigenvalue weighted by atomic mass is 16.6. The highest BCUT2D eigenvalue weighted by molar-refractivity contribution is 5.82. The number of nitro groups is 1. The van der Waals surface area contributed by atoms with Crippen LogP contribution in [0.25, 0.3) is 10.9 Å². The number of nitrogens with one attached hydrogen (secondary N) is 1. The van der Waals surface area contributed by atoms with Crippen molar-refractivity contribution < 1.29 is 4.92 Å². The first-order chi connectivity index (χ1) is 9.22. The number of rotatable bonds is 3. The monoisotopic (exact) mass is 257 g/mol. The second-order valence-corrected chi connectivity index (χ2v) is 4.96. The summed E-state index contributed by atoms with van der Waals surface area (Å²) in [5.74, 6) is 0.855. The van der Waals surface area contributed by atoms with Gasteiger partial charge in [0.15, 0.2) is 0 Å². The van der Waals surface area contributed by atoms with Crippen molar-refractivity contribution in [1.82, 2.24) is 4.98 Å². The van der Waals surface area contributed by atoms with Gasteiger partial charge in [0.1, 0.15) is 5.82 Å². The number of nitro benzene ring substituents is 1. The molecule has 0 aliphatic heterocycles. The fraction of sp³-hybridized carbons (Fsp3) is 0.357. The van der Waals surface area contributed by atoms with Crippen LogP contribution in [0.3, 0.4) is 0 Å². The molecule has 3 rings (SSSR count). The molecular weight excluding hydrogens is 242 g/mol. The molecule has 0 radical (unpaired) electrons. The highest BCUT2D eigenvalue weighted by Crippen LogP contribution is 2.24. The molecule has 0 unspecified atom stereocenters. The lowest BCUT2D eigenvalue weighted by molar-refractivity contribution is -0.384. The maximum absolute atomic E-state index is 10.7. The first-order valence-electron chi connectivity index (χ1n) is 6.54. The third-order valence-electron chi connectivity index (χ3n) is 3.59. The summed E-state index contributed by atoms with van der Waals surface area (Å²) in [5, 5.41) is 14.9. The second kappa shape index (κ2) is 4.84. The molecule has 2 aromatic rings. The van der Waals surface area contributed by atoms with Crippen molar-refractivity contribution in [2.75, 3.05) is 5.32 Å². The standard InChI is InChI=1S/C14H15N3O2/c18-17(19)12-6-7-13-10(9-12)5-8-14(16-13)15-11-3-1-2-4-11/h5-9,11H,1-4H2,(H,15,16). The molecular formula is C14H15N3O2. The SMILES string of the molecule is O=[N+]([O-])c1ccc2nc(NC3CCCC3)ccc2c1. The van der Waals surface area contributed by atoms with E-state index in [-0.39, 0.29) is 10.6 Å². The maximum Gasteiger partial charge on any atom is 0.270 e. The number of hydrogen-bond donors (Lipinski definition) is 1. The van der Waals surface area contributed by atoms with E-state index in [1.54, 1.807) is 12.1 Å². The van der Waals surface area contributed by atoms with Crippen molar-refractivity contribution in [3.63, 3.8) is 0 Å². The van der Waals surface area contributed by atoms with Gasteiger partial charge >= 0.3 is 0 Å². The third kappa shape index (κ3) is 2.50. The van der Waals surface area contributed by atoms with E-state index in [2.05, 4.69) is 10.3 Å². The van der Waals surface area contributed by atoms with Gasteiger partial charge in [0.25, 0.3) is 5.69 Å². The molecule has 0 bridgehead atoms. The highest BCUT2D eigenvalue weighted by Gasteiger charge is 2.15. The number of pyridine rings is 1. The van der Waals surface area contributed by atoms with E-state index in [1.165, 1.54) is 31.7 Å². The number of nitrogens with zero attached hydrogens (tertiary/aromatic N) is 2. The van der Waals surface area contributed by atoms with E-state index in [9.17, 15) is 10.1 Å². The van der Waals surface area contributed by atoms with Gasteiger partial charge in [-0.3, -0.25) is 10.1 Å². The van der Waals surface area contributed by atoms with Crippen molar-refractivity contribution in [2.45, 2.75) is 31.7 Å². The molecule has 0 amide bonds.